The highest BCUT2D eigenvalue weighted by Gasteiger charge is 2.23. The average Bonchev–Trinajstić information content (AvgIpc) is 2.93. The van der Waals surface area contributed by atoms with E-state index < -0.39 is 6.10 Å². The van der Waals surface area contributed by atoms with E-state index in [0.717, 1.165) is 35.7 Å². The fraction of sp³-hybridized carbons (Fsp3) is 0.375. The van der Waals surface area contributed by atoms with Gasteiger partial charge in [-0.3, -0.25) is 4.79 Å². The van der Waals surface area contributed by atoms with Gasteiger partial charge in [0, 0.05) is 29.6 Å². The van der Waals surface area contributed by atoms with E-state index in [1.807, 2.05) is 36.6 Å². The van der Waals surface area contributed by atoms with Crippen molar-refractivity contribution in [1.29, 1.82) is 0 Å². The molecule has 1 aromatic carbocycles. The molecule has 1 atom stereocenters. The van der Waals surface area contributed by atoms with Crippen LogP contribution in [0.3, 0.4) is 0 Å². The molecular weight excluding hydrogens is 284 g/mol. The Bertz CT molecular complexity index is 653. The summed E-state index contributed by atoms with van der Waals surface area (Å²) in [7, 11) is 0. The molecule has 1 amide bonds. The lowest BCUT2D eigenvalue weighted by atomic mass is 10.0. The van der Waals surface area contributed by atoms with Crippen LogP contribution >= 0.6 is 11.3 Å². The third-order valence-corrected chi connectivity index (χ3v) is 4.48. The molecule has 3 rings (SSSR count). The second-order valence-electron chi connectivity index (χ2n) is 5.38. The van der Waals surface area contributed by atoms with E-state index in [4.69, 9.17) is 0 Å². The molecule has 21 heavy (non-hydrogen) atoms. The standard InChI is InChI=1S/C16H18N2O2S/c1-11-17-15(10-21-11)12-4-2-5-13(8-12)16(20)18-7-3-6-14(19)9-18/h2,4-5,8,10,14,19H,3,6-7,9H2,1H3. The molecule has 1 aliphatic heterocycles. The van der Waals surface area contributed by atoms with Gasteiger partial charge in [0.1, 0.15) is 0 Å². The van der Waals surface area contributed by atoms with Gasteiger partial charge in [0.15, 0.2) is 0 Å². The Morgan fingerprint density at radius 1 is 1.48 bits per heavy atom. The van der Waals surface area contributed by atoms with Gasteiger partial charge in [-0.25, -0.2) is 4.98 Å². The lowest BCUT2D eigenvalue weighted by molar-refractivity contribution is 0.0474. The Labute approximate surface area is 128 Å². The van der Waals surface area contributed by atoms with Crippen LogP contribution < -0.4 is 0 Å². The van der Waals surface area contributed by atoms with Crippen molar-refractivity contribution in [3.05, 3.63) is 40.2 Å². The molecule has 1 aliphatic rings. The molecule has 1 fully saturated rings. The largest absolute Gasteiger partial charge is 0.391 e. The first kappa shape index (κ1) is 14.2. The number of aliphatic hydroxyl groups is 1. The first-order valence-electron chi connectivity index (χ1n) is 7.13. The van der Waals surface area contributed by atoms with Crippen molar-refractivity contribution < 1.29 is 9.90 Å². The summed E-state index contributed by atoms with van der Waals surface area (Å²) < 4.78 is 0. The molecule has 0 bridgehead atoms. The third-order valence-electron chi connectivity index (χ3n) is 3.71. The molecular formula is C16H18N2O2S. The predicted molar refractivity (Wildman–Crippen MR) is 83.4 cm³/mol. The van der Waals surface area contributed by atoms with Crippen LogP contribution in [0.1, 0.15) is 28.2 Å². The van der Waals surface area contributed by atoms with E-state index in [9.17, 15) is 9.90 Å². The van der Waals surface area contributed by atoms with Gasteiger partial charge in [-0.15, -0.1) is 11.3 Å². The molecule has 4 nitrogen and oxygen atoms in total. The van der Waals surface area contributed by atoms with E-state index >= 15 is 0 Å². The summed E-state index contributed by atoms with van der Waals surface area (Å²) in [6.07, 6.45) is 1.24. The van der Waals surface area contributed by atoms with Crippen LogP contribution in [0.2, 0.25) is 0 Å². The van der Waals surface area contributed by atoms with Gasteiger partial charge in [-0.1, -0.05) is 12.1 Å². The number of benzene rings is 1. The molecule has 0 aliphatic carbocycles. The van der Waals surface area contributed by atoms with Crippen LogP contribution in [-0.2, 0) is 0 Å². The number of carbonyl (C=O) groups excluding carboxylic acids is 1. The summed E-state index contributed by atoms with van der Waals surface area (Å²) in [6.45, 7) is 3.12. The zero-order chi connectivity index (χ0) is 14.8. The molecule has 0 radical (unpaired) electrons. The van der Waals surface area contributed by atoms with Crippen LogP contribution in [0.25, 0.3) is 11.3 Å². The topological polar surface area (TPSA) is 53.4 Å². The fourth-order valence-corrected chi connectivity index (χ4v) is 3.25. The summed E-state index contributed by atoms with van der Waals surface area (Å²) in [5.74, 6) is -0.0115. The number of aryl methyl sites for hydroxylation is 1. The SMILES string of the molecule is Cc1nc(-c2cccc(C(=O)N3CCCC(O)C3)c2)cs1. The number of aliphatic hydroxyl groups excluding tert-OH is 1. The van der Waals surface area contributed by atoms with Crippen molar-refractivity contribution in [2.45, 2.75) is 25.9 Å². The Hall–Kier alpha value is -1.72. The zero-order valence-corrected chi connectivity index (χ0v) is 12.8. The number of likely N-dealkylation sites (tertiary alicyclic amines) is 1. The smallest absolute Gasteiger partial charge is 0.253 e. The highest BCUT2D eigenvalue weighted by atomic mass is 32.1. The van der Waals surface area contributed by atoms with Crippen molar-refractivity contribution in [1.82, 2.24) is 9.88 Å². The maximum atomic E-state index is 12.5. The second kappa shape index (κ2) is 5.95. The van der Waals surface area contributed by atoms with Crippen LogP contribution in [0.4, 0.5) is 0 Å². The van der Waals surface area contributed by atoms with Crippen molar-refractivity contribution in [2.24, 2.45) is 0 Å². The summed E-state index contributed by atoms with van der Waals surface area (Å²) in [4.78, 5) is 18.7. The van der Waals surface area contributed by atoms with Crippen LogP contribution in [0, 0.1) is 6.92 Å². The minimum Gasteiger partial charge on any atom is -0.391 e. The molecule has 2 aromatic rings. The summed E-state index contributed by atoms with van der Waals surface area (Å²) in [5, 5.41) is 12.7. The molecule has 2 heterocycles. The Morgan fingerprint density at radius 2 is 2.33 bits per heavy atom. The van der Waals surface area contributed by atoms with Crippen LogP contribution in [0.15, 0.2) is 29.6 Å². The van der Waals surface area contributed by atoms with Gasteiger partial charge in [0.05, 0.1) is 16.8 Å². The number of amides is 1. The molecule has 5 heteroatoms. The molecule has 1 aromatic heterocycles. The molecule has 1 saturated heterocycles. The van der Waals surface area contributed by atoms with Gasteiger partial charge < -0.3 is 10.0 Å². The number of hydrogen-bond donors (Lipinski definition) is 1. The maximum absolute atomic E-state index is 12.5. The quantitative estimate of drug-likeness (QED) is 0.928. The second-order valence-corrected chi connectivity index (χ2v) is 6.44. The van der Waals surface area contributed by atoms with Gasteiger partial charge in [-0.05, 0) is 31.9 Å². The number of rotatable bonds is 2. The highest BCUT2D eigenvalue weighted by molar-refractivity contribution is 7.09. The van der Waals surface area contributed by atoms with Crippen molar-refractivity contribution >= 4 is 17.2 Å². The summed E-state index contributed by atoms with van der Waals surface area (Å²) in [6, 6.07) is 7.57. The molecule has 1 unspecified atom stereocenters. The lowest BCUT2D eigenvalue weighted by Crippen LogP contribution is -2.42. The molecule has 110 valence electrons. The average molecular weight is 302 g/mol. The first-order chi connectivity index (χ1) is 10.1. The fourth-order valence-electron chi connectivity index (χ4n) is 2.63. The Balaban J connectivity index is 1.84. The monoisotopic (exact) mass is 302 g/mol. The number of piperidine rings is 1. The summed E-state index contributed by atoms with van der Waals surface area (Å²) in [5.41, 5.74) is 2.53. The van der Waals surface area contributed by atoms with E-state index in [1.165, 1.54) is 0 Å². The van der Waals surface area contributed by atoms with Crippen molar-refractivity contribution in [3.63, 3.8) is 0 Å². The zero-order valence-electron chi connectivity index (χ0n) is 12.0. The molecule has 1 N–H and O–H groups in total. The Kier molecular flexibility index (Phi) is 4.03. The number of nitrogens with zero attached hydrogens (tertiary/aromatic N) is 2. The number of thiazole rings is 1. The van der Waals surface area contributed by atoms with Crippen LogP contribution in [0.5, 0.6) is 0 Å². The first-order valence-corrected chi connectivity index (χ1v) is 8.01. The van der Waals surface area contributed by atoms with Gasteiger partial charge in [-0.2, -0.15) is 0 Å². The van der Waals surface area contributed by atoms with Crippen molar-refractivity contribution in [2.75, 3.05) is 13.1 Å². The maximum Gasteiger partial charge on any atom is 0.253 e. The number of carbonyl (C=O) groups is 1. The molecule has 0 spiro atoms. The third kappa shape index (κ3) is 3.14. The number of β-amino-alcohol motifs (C(OH)–C–C–N with tert-alkyl or cyclic N) is 1. The van der Waals surface area contributed by atoms with E-state index in [-0.39, 0.29) is 5.91 Å². The van der Waals surface area contributed by atoms with E-state index in [2.05, 4.69) is 4.98 Å². The normalized spacial score (nSPS) is 18.8. The van der Waals surface area contributed by atoms with Gasteiger partial charge in [0.2, 0.25) is 0 Å². The molecule has 0 saturated carbocycles. The van der Waals surface area contributed by atoms with Gasteiger partial charge in [0.25, 0.3) is 5.91 Å². The van der Waals surface area contributed by atoms with Crippen LogP contribution in [-0.4, -0.2) is 40.1 Å². The number of hydrogen-bond acceptors (Lipinski definition) is 4. The lowest BCUT2D eigenvalue weighted by Gasteiger charge is -2.30. The van der Waals surface area contributed by atoms with Crippen molar-refractivity contribution in [3.8, 4) is 11.3 Å². The summed E-state index contributed by atoms with van der Waals surface area (Å²) >= 11 is 1.60. The van der Waals surface area contributed by atoms with E-state index in [1.54, 1.807) is 16.2 Å². The minimum atomic E-state index is -0.396. The Morgan fingerprint density at radius 3 is 3.05 bits per heavy atom. The highest BCUT2D eigenvalue weighted by Crippen LogP contribution is 2.23. The van der Waals surface area contributed by atoms with E-state index in [0.29, 0.717) is 12.1 Å². The van der Waals surface area contributed by atoms with Gasteiger partial charge >= 0.3 is 0 Å². The predicted octanol–water partition coefficient (Wildman–Crippen LogP) is 2.72. The minimum absolute atomic E-state index is 0.0115. The number of aromatic nitrogens is 1.